The fourth-order valence-corrected chi connectivity index (χ4v) is 7.06. The van der Waals surface area contributed by atoms with Gasteiger partial charge < -0.3 is 0 Å². The molecule has 0 aliphatic rings. The summed E-state index contributed by atoms with van der Waals surface area (Å²) in [5.74, 6) is -0.514. The molecule has 23 heavy (non-hydrogen) atoms. The second-order valence-corrected chi connectivity index (χ2v) is 9.88. The molecule has 0 aliphatic carbocycles. The van der Waals surface area contributed by atoms with Crippen LogP contribution in [0.15, 0.2) is 61.2 Å². The third-order valence-corrected chi connectivity index (χ3v) is 9.24. The average Bonchev–Trinajstić information content (AvgIpc) is 3.07. The molecule has 0 spiro atoms. The second-order valence-electron chi connectivity index (χ2n) is 5.54. The molecule has 0 fully saturated rings. The second kappa shape index (κ2) is 6.79. The number of aromatic nitrogens is 3. The molecule has 0 N–H and O–H groups in total. The average molecular weight is 321 g/mol. The molecule has 3 nitrogen and oxygen atoms in total. The number of rotatable bonds is 5. The molecule has 0 bridgehead atoms. The molecule has 112 valence electrons. The third kappa shape index (κ3) is 3.30. The molecule has 1 heterocycles. The third-order valence-electron chi connectivity index (χ3n) is 4.30. The van der Waals surface area contributed by atoms with Crippen LogP contribution in [-0.2, 0) is 6.17 Å². The summed E-state index contributed by atoms with van der Waals surface area (Å²) in [6.07, 6.45) is 3.87. The van der Waals surface area contributed by atoms with E-state index >= 15 is 0 Å². The molecule has 0 atom stereocenters. The zero-order valence-electron chi connectivity index (χ0n) is 12.8. The summed E-state index contributed by atoms with van der Waals surface area (Å²) in [7, 11) is -2.24. The Hall–Kier alpha value is -1.75. The summed E-state index contributed by atoms with van der Waals surface area (Å²) < 4.78 is 29.4. The molecule has 0 aliphatic heterocycles. The van der Waals surface area contributed by atoms with E-state index in [-0.39, 0.29) is 11.6 Å². The van der Waals surface area contributed by atoms with Crippen LogP contribution in [0.4, 0.5) is 8.78 Å². The van der Waals surface area contributed by atoms with Crippen LogP contribution < -0.4 is 10.4 Å². The van der Waals surface area contributed by atoms with Gasteiger partial charge in [-0.1, -0.05) is 0 Å². The summed E-state index contributed by atoms with van der Waals surface area (Å²) >= 11 is 2.12. The Morgan fingerprint density at radius 1 is 0.913 bits per heavy atom. The number of benzene rings is 2. The first-order chi connectivity index (χ1) is 11.1. The predicted molar refractivity (Wildman–Crippen MR) is 88.4 cm³/mol. The fraction of sp³-hybridized carbons (Fsp3) is 0.125. The van der Waals surface area contributed by atoms with Crippen LogP contribution in [0, 0.1) is 11.6 Å². The Bertz CT molecular complexity index is 716. The summed E-state index contributed by atoms with van der Waals surface area (Å²) in [6, 6.07) is 13.3. The SMILES string of the molecule is [Li][CH2][Si](Cn1cncn1)(c1ccc(F)cc1)c1ccc(F)cc1. The zero-order chi connectivity index (χ0) is 16.3. The fourth-order valence-electron chi connectivity index (χ4n) is 3.00. The van der Waals surface area contributed by atoms with Crippen LogP contribution in [0.5, 0.6) is 0 Å². The molecule has 0 amide bonds. The Morgan fingerprint density at radius 2 is 1.43 bits per heavy atom. The summed E-state index contributed by atoms with van der Waals surface area (Å²) in [6.45, 7) is 0. The Labute approximate surface area is 143 Å². The minimum atomic E-state index is -2.24. The summed E-state index contributed by atoms with van der Waals surface area (Å²) in [5, 5.41) is 6.43. The first-order valence-electron chi connectivity index (χ1n) is 7.48. The molecule has 2 aromatic carbocycles. The van der Waals surface area contributed by atoms with E-state index in [0.717, 1.165) is 15.1 Å². The van der Waals surface area contributed by atoms with Crippen LogP contribution >= 0.6 is 0 Å². The summed E-state index contributed by atoms with van der Waals surface area (Å²) in [4.78, 5) is 4.01. The summed E-state index contributed by atoms with van der Waals surface area (Å²) in [5.41, 5.74) is 0. The van der Waals surface area contributed by atoms with Gasteiger partial charge in [0.05, 0.1) is 0 Å². The van der Waals surface area contributed by atoms with E-state index in [2.05, 4.69) is 27.8 Å². The van der Waals surface area contributed by atoms with E-state index < -0.39 is 8.07 Å². The van der Waals surface area contributed by atoms with Gasteiger partial charge in [-0.2, -0.15) is 0 Å². The maximum absolute atomic E-state index is 13.3. The zero-order valence-corrected chi connectivity index (χ0v) is 13.8. The standard InChI is InChI=1S/C16H14F2N3Si.Li/c1-22(12-21-11-19-10-20-21,15-6-2-13(17)3-7-15)16-8-4-14(18)5-9-16;/h2-11H,1,12H2;. The van der Waals surface area contributed by atoms with Gasteiger partial charge in [-0.05, 0) is 0 Å². The van der Waals surface area contributed by atoms with E-state index in [1.807, 2.05) is 28.9 Å². The number of nitrogens with zero attached hydrogens (tertiary/aromatic N) is 3. The van der Waals surface area contributed by atoms with Gasteiger partial charge in [0.25, 0.3) is 0 Å². The Morgan fingerprint density at radius 3 is 1.83 bits per heavy atom. The van der Waals surface area contributed by atoms with Crippen molar-refractivity contribution in [1.29, 1.82) is 0 Å². The van der Waals surface area contributed by atoms with Crippen molar-refractivity contribution in [2.24, 2.45) is 0 Å². The van der Waals surface area contributed by atoms with Crippen molar-refractivity contribution in [2.45, 2.75) is 10.9 Å². The van der Waals surface area contributed by atoms with Crippen molar-refractivity contribution in [1.82, 2.24) is 14.8 Å². The van der Waals surface area contributed by atoms with E-state index in [0.29, 0.717) is 6.17 Å². The molecule has 0 radical (unpaired) electrons. The van der Waals surface area contributed by atoms with E-state index in [1.165, 1.54) is 30.6 Å². The monoisotopic (exact) mass is 321 g/mol. The van der Waals surface area contributed by atoms with Gasteiger partial charge in [-0.3, -0.25) is 0 Å². The van der Waals surface area contributed by atoms with Gasteiger partial charge in [0.15, 0.2) is 0 Å². The Kier molecular flexibility index (Phi) is 4.76. The van der Waals surface area contributed by atoms with Crippen molar-refractivity contribution in [3.05, 3.63) is 72.8 Å². The first-order valence-corrected chi connectivity index (χ1v) is 9.90. The van der Waals surface area contributed by atoms with Crippen LogP contribution in [-0.4, -0.2) is 40.6 Å². The van der Waals surface area contributed by atoms with Crippen molar-refractivity contribution in [3.8, 4) is 0 Å². The number of hydrogen-bond acceptors (Lipinski definition) is 2. The molecular weight excluding hydrogens is 307 g/mol. The number of hydrogen-bond donors (Lipinski definition) is 0. The molecule has 0 saturated heterocycles. The molecule has 1 aromatic heterocycles. The van der Waals surface area contributed by atoms with Crippen molar-refractivity contribution in [3.63, 3.8) is 0 Å². The minimum absolute atomic E-state index is 0.257. The molecule has 7 heteroatoms. The van der Waals surface area contributed by atoms with Crippen molar-refractivity contribution < 1.29 is 8.78 Å². The van der Waals surface area contributed by atoms with Gasteiger partial charge in [0.1, 0.15) is 0 Å². The van der Waals surface area contributed by atoms with E-state index in [9.17, 15) is 8.78 Å². The maximum atomic E-state index is 13.3. The normalized spacial score (nSPS) is 11.7. The molecule has 3 rings (SSSR count). The van der Waals surface area contributed by atoms with Gasteiger partial charge in [-0.15, -0.1) is 0 Å². The molecule has 0 saturated carbocycles. The number of halogens is 2. The quantitative estimate of drug-likeness (QED) is 0.667. The predicted octanol–water partition coefficient (Wildman–Crippen LogP) is 1.48. The van der Waals surface area contributed by atoms with Crippen LogP contribution in [0.1, 0.15) is 0 Å². The Balaban J connectivity index is 2.13. The van der Waals surface area contributed by atoms with Crippen LogP contribution in [0.25, 0.3) is 0 Å². The van der Waals surface area contributed by atoms with Crippen molar-refractivity contribution >= 4 is 36.2 Å². The van der Waals surface area contributed by atoms with Crippen LogP contribution in [0.3, 0.4) is 0 Å². The van der Waals surface area contributed by atoms with Gasteiger partial charge in [-0.25, -0.2) is 0 Å². The topological polar surface area (TPSA) is 30.7 Å². The molecule has 0 unspecified atom stereocenters. The van der Waals surface area contributed by atoms with Gasteiger partial charge in [0.2, 0.25) is 0 Å². The van der Waals surface area contributed by atoms with Gasteiger partial charge in [0, 0.05) is 0 Å². The van der Waals surface area contributed by atoms with E-state index in [4.69, 9.17) is 0 Å². The van der Waals surface area contributed by atoms with E-state index in [1.54, 1.807) is 6.33 Å². The van der Waals surface area contributed by atoms with Crippen LogP contribution in [0.2, 0.25) is 4.72 Å². The van der Waals surface area contributed by atoms with Crippen molar-refractivity contribution in [2.75, 3.05) is 0 Å². The first kappa shape index (κ1) is 16.1. The van der Waals surface area contributed by atoms with Gasteiger partial charge >= 0.3 is 143 Å². The molecule has 3 aromatic rings. The molecular formula is C16H14F2LiN3Si.